The smallest absolute Gasteiger partial charge is 0.334 e. The van der Waals surface area contributed by atoms with Gasteiger partial charge in [0, 0.05) is 17.7 Å². The molecule has 0 aromatic heterocycles. The van der Waals surface area contributed by atoms with Gasteiger partial charge in [-0.3, -0.25) is 4.79 Å². The largest absolute Gasteiger partial charge is 0.479 e. The lowest BCUT2D eigenvalue weighted by atomic mass is 9.98. The minimum atomic E-state index is -1.15. The molecule has 1 aliphatic rings. The van der Waals surface area contributed by atoms with E-state index >= 15 is 0 Å². The molecule has 0 saturated carbocycles. The molecule has 0 aliphatic carbocycles. The van der Waals surface area contributed by atoms with Gasteiger partial charge < -0.3 is 14.7 Å². The molecule has 1 N–H and O–H groups in total. The summed E-state index contributed by atoms with van der Waals surface area (Å²) >= 11 is 0. The van der Waals surface area contributed by atoms with Crippen molar-refractivity contribution in [1.82, 2.24) is 4.90 Å². The van der Waals surface area contributed by atoms with Gasteiger partial charge in [0.2, 0.25) is 0 Å². The number of morpholine rings is 1. The summed E-state index contributed by atoms with van der Waals surface area (Å²) in [6.45, 7) is 3.48. The molecule has 5 nitrogen and oxygen atoms in total. The van der Waals surface area contributed by atoms with Crippen LogP contribution in [0.1, 0.15) is 22.8 Å². The van der Waals surface area contributed by atoms with Gasteiger partial charge in [-0.2, -0.15) is 0 Å². The number of carbonyl (C=O) groups excluding carboxylic acids is 1. The summed E-state index contributed by atoms with van der Waals surface area (Å²) in [4.78, 5) is 25.2. The van der Waals surface area contributed by atoms with Crippen molar-refractivity contribution in [2.75, 3.05) is 13.1 Å². The molecule has 2 aromatic rings. The van der Waals surface area contributed by atoms with Crippen molar-refractivity contribution >= 4 is 11.9 Å². The number of rotatable bonds is 3. The van der Waals surface area contributed by atoms with E-state index in [1.54, 1.807) is 13.8 Å². The molecule has 0 bridgehead atoms. The molecule has 27 heavy (non-hydrogen) atoms. The topological polar surface area (TPSA) is 66.8 Å². The maximum absolute atomic E-state index is 14.6. The Kier molecular flexibility index (Phi) is 5.23. The lowest BCUT2D eigenvalue weighted by Gasteiger charge is -2.35. The number of amides is 1. The van der Waals surface area contributed by atoms with Gasteiger partial charge in [0.05, 0.1) is 12.6 Å². The number of hydrogen-bond donors (Lipinski definition) is 1. The molecule has 1 aliphatic heterocycles. The van der Waals surface area contributed by atoms with Gasteiger partial charge in [0.15, 0.2) is 6.10 Å². The van der Waals surface area contributed by atoms with Gasteiger partial charge in [0.1, 0.15) is 11.6 Å². The average molecular weight is 375 g/mol. The number of hydrogen-bond acceptors (Lipinski definition) is 3. The predicted molar refractivity (Wildman–Crippen MR) is 94.4 cm³/mol. The molecule has 2 aromatic carbocycles. The fourth-order valence-electron chi connectivity index (χ4n) is 3.23. The van der Waals surface area contributed by atoms with Crippen molar-refractivity contribution < 1.29 is 28.2 Å². The summed E-state index contributed by atoms with van der Waals surface area (Å²) in [6, 6.07) is 8.14. The summed E-state index contributed by atoms with van der Waals surface area (Å²) in [5.41, 5.74) is 1.51. The fraction of sp³-hybridized carbons (Fsp3) is 0.300. The van der Waals surface area contributed by atoms with E-state index < -0.39 is 35.7 Å². The van der Waals surface area contributed by atoms with Crippen LogP contribution in [0.25, 0.3) is 11.1 Å². The second-order valence-corrected chi connectivity index (χ2v) is 6.64. The van der Waals surface area contributed by atoms with Crippen molar-refractivity contribution in [2.24, 2.45) is 0 Å². The number of benzene rings is 2. The Bertz CT molecular complexity index is 900. The Morgan fingerprint density at radius 1 is 1.11 bits per heavy atom. The number of halogens is 2. The summed E-state index contributed by atoms with van der Waals surface area (Å²) in [5, 5.41) is 9.13. The quantitative estimate of drug-likeness (QED) is 0.894. The van der Waals surface area contributed by atoms with Gasteiger partial charge in [-0.1, -0.05) is 12.1 Å². The zero-order chi connectivity index (χ0) is 19.7. The molecular formula is C20H19F2NO4. The molecule has 0 radical (unpaired) electrons. The first-order chi connectivity index (χ1) is 12.8. The lowest BCUT2D eigenvalue weighted by Crippen LogP contribution is -2.51. The van der Waals surface area contributed by atoms with E-state index in [1.165, 1.54) is 35.2 Å². The maximum atomic E-state index is 14.6. The van der Waals surface area contributed by atoms with Gasteiger partial charge in [-0.15, -0.1) is 0 Å². The number of ether oxygens (including phenoxy) is 1. The van der Waals surface area contributed by atoms with Crippen molar-refractivity contribution in [1.29, 1.82) is 0 Å². The third-order valence-electron chi connectivity index (χ3n) is 4.52. The van der Waals surface area contributed by atoms with Crippen LogP contribution in [0.2, 0.25) is 0 Å². The Balaban J connectivity index is 1.86. The standard InChI is InChI=1S/C20H19F2NO4/c1-11-7-14(21)4-6-15(11)16-5-3-13(8-17(16)22)19(24)23-9-12(2)27-18(10-23)20(25)26/h3-8,12,18H,9-10H2,1-2H3,(H,25,26)/t12-,18?/m1/s1. The third kappa shape index (κ3) is 3.98. The highest BCUT2D eigenvalue weighted by molar-refractivity contribution is 5.95. The van der Waals surface area contributed by atoms with Gasteiger partial charge in [0.25, 0.3) is 5.91 Å². The third-order valence-corrected chi connectivity index (χ3v) is 4.52. The Morgan fingerprint density at radius 2 is 1.81 bits per heavy atom. The molecular weight excluding hydrogens is 356 g/mol. The van der Waals surface area contributed by atoms with Crippen molar-refractivity contribution in [3.05, 3.63) is 59.2 Å². The van der Waals surface area contributed by atoms with Gasteiger partial charge in [-0.25, -0.2) is 13.6 Å². The molecule has 0 spiro atoms. The SMILES string of the molecule is Cc1cc(F)ccc1-c1ccc(C(=O)N2CC(C(=O)O)O[C@H](C)C2)cc1F. The van der Waals surface area contributed by atoms with Crippen molar-refractivity contribution in [2.45, 2.75) is 26.1 Å². The minimum absolute atomic E-state index is 0.0983. The first kappa shape index (κ1) is 19.0. The summed E-state index contributed by atoms with van der Waals surface area (Å²) < 4.78 is 33.2. The van der Waals surface area contributed by atoms with Gasteiger partial charge in [-0.05, 0) is 49.2 Å². The Morgan fingerprint density at radius 3 is 2.44 bits per heavy atom. The highest BCUT2D eigenvalue weighted by Crippen LogP contribution is 2.28. The van der Waals surface area contributed by atoms with E-state index in [4.69, 9.17) is 9.84 Å². The van der Waals surface area contributed by atoms with Crippen molar-refractivity contribution in [3.8, 4) is 11.1 Å². The van der Waals surface area contributed by atoms with E-state index in [9.17, 15) is 18.4 Å². The summed E-state index contributed by atoms with van der Waals surface area (Å²) in [7, 11) is 0. The first-order valence-corrected chi connectivity index (χ1v) is 8.50. The predicted octanol–water partition coefficient (Wildman–Crippen LogP) is 3.25. The van der Waals surface area contributed by atoms with Gasteiger partial charge >= 0.3 is 5.97 Å². The molecule has 1 fully saturated rings. The number of aryl methyl sites for hydroxylation is 1. The lowest BCUT2D eigenvalue weighted by molar-refractivity contribution is -0.160. The second-order valence-electron chi connectivity index (χ2n) is 6.64. The minimum Gasteiger partial charge on any atom is -0.479 e. The van der Waals surface area contributed by atoms with Crippen LogP contribution in [-0.2, 0) is 9.53 Å². The molecule has 1 heterocycles. The highest BCUT2D eigenvalue weighted by Gasteiger charge is 2.33. The second kappa shape index (κ2) is 7.44. The molecule has 2 atom stereocenters. The molecule has 1 saturated heterocycles. The first-order valence-electron chi connectivity index (χ1n) is 8.50. The molecule has 7 heteroatoms. The number of nitrogens with zero attached hydrogens (tertiary/aromatic N) is 1. The molecule has 142 valence electrons. The van der Waals surface area contributed by atoms with Crippen LogP contribution >= 0.6 is 0 Å². The van der Waals surface area contributed by atoms with Crippen LogP contribution < -0.4 is 0 Å². The summed E-state index contributed by atoms with van der Waals surface area (Å²) in [6.07, 6.45) is -1.54. The van der Waals surface area contributed by atoms with Crippen LogP contribution in [0.5, 0.6) is 0 Å². The zero-order valence-electron chi connectivity index (χ0n) is 14.9. The maximum Gasteiger partial charge on any atom is 0.334 e. The monoisotopic (exact) mass is 375 g/mol. The van der Waals surface area contributed by atoms with E-state index in [-0.39, 0.29) is 24.2 Å². The van der Waals surface area contributed by atoms with E-state index in [1.807, 2.05) is 0 Å². The Hall–Kier alpha value is -2.80. The number of carboxylic acids is 1. The van der Waals surface area contributed by atoms with Crippen LogP contribution in [0.15, 0.2) is 36.4 Å². The van der Waals surface area contributed by atoms with E-state index in [0.717, 1.165) is 6.07 Å². The van der Waals surface area contributed by atoms with Crippen LogP contribution in [-0.4, -0.2) is 47.2 Å². The van der Waals surface area contributed by atoms with E-state index in [2.05, 4.69) is 0 Å². The van der Waals surface area contributed by atoms with Crippen LogP contribution in [0.3, 0.4) is 0 Å². The summed E-state index contributed by atoms with van der Waals surface area (Å²) in [5.74, 6) is -2.62. The molecule has 3 rings (SSSR count). The molecule has 1 unspecified atom stereocenters. The van der Waals surface area contributed by atoms with Crippen LogP contribution in [0, 0.1) is 18.6 Å². The number of aliphatic carboxylic acids is 1. The average Bonchev–Trinajstić information content (AvgIpc) is 2.61. The normalized spacial score (nSPS) is 19.8. The molecule has 1 amide bonds. The fourth-order valence-corrected chi connectivity index (χ4v) is 3.23. The Labute approximate surface area is 155 Å². The van der Waals surface area contributed by atoms with E-state index in [0.29, 0.717) is 11.1 Å². The number of carbonyl (C=O) groups is 2. The van der Waals surface area contributed by atoms with Crippen molar-refractivity contribution in [3.63, 3.8) is 0 Å². The number of carboxylic acid groups (broad SMARTS) is 1. The van der Waals surface area contributed by atoms with Crippen LogP contribution in [0.4, 0.5) is 8.78 Å². The highest BCUT2D eigenvalue weighted by atomic mass is 19.1. The zero-order valence-corrected chi connectivity index (χ0v) is 14.9.